The van der Waals surface area contributed by atoms with Crippen molar-refractivity contribution in [1.82, 2.24) is 30.0 Å². The maximum Gasteiger partial charge on any atom is 0.231 e. The van der Waals surface area contributed by atoms with E-state index >= 15 is 0 Å². The Hall–Kier alpha value is -2.68. The van der Waals surface area contributed by atoms with Crippen LogP contribution < -0.4 is 9.47 Å². The Morgan fingerprint density at radius 3 is 2.61 bits per heavy atom. The van der Waals surface area contributed by atoms with Gasteiger partial charge in [-0.05, 0) is 46.4 Å². The van der Waals surface area contributed by atoms with Crippen LogP contribution in [0.25, 0.3) is 0 Å². The summed E-state index contributed by atoms with van der Waals surface area (Å²) in [4.78, 5) is 17.7. The molecule has 166 valence electrons. The standard InChI is InChI=1S/C22H30N6O3/c29-21(13-22(6-2-1-3-7-22)15-28-16-23-24-25-28)27-10-8-26(9-11-27)14-18-4-5-19-20(12-18)31-17-30-19/h4-5,12,16H,1-3,6-11,13-15,17H2. The zero-order chi connectivity index (χ0) is 21.1. The van der Waals surface area contributed by atoms with Gasteiger partial charge in [0.15, 0.2) is 11.5 Å². The van der Waals surface area contributed by atoms with Gasteiger partial charge in [-0.3, -0.25) is 9.69 Å². The normalized spacial score (nSPS) is 20.7. The third-order valence-corrected chi connectivity index (χ3v) is 6.90. The van der Waals surface area contributed by atoms with Gasteiger partial charge in [-0.1, -0.05) is 25.3 Å². The number of carbonyl (C=O) groups is 1. The monoisotopic (exact) mass is 426 g/mol. The predicted molar refractivity (Wildman–Crippen MR) is 112 cm³/mol. The van der Waals surface area contributed by atoms with Crippen LogP contribution in [0, 0.1) is 5.41 Å². The number of nitrogens with zero attached hydrogens (tertiary/aromatic N) is 6. The first-order valence-electron chi connectivity index (χ1n) is 11.3. The smallest absolute Gasteiger partial charge is 0.231 e. The first-order chi connectivity index (χ1) is 15.2. The van der Waals surface area contributed by atoms with Crippen LogP contribution in [0.1, 0.15) is 44.1 Å². The Kier molecular flexibility index (Phi) is 5.76. The van der Waals surface area contributed by atoms with E-state index in [1.165, 1.54) is 24.8 Å². The molecule has 1 aliphatic carbocycles. The highest BCUT2D eigenvalue weighted by atomic mass is 16.7. The van der Waals surface area contributed by atoms with E-state index in [2.05, 4.69) is 32.6 Å². The highest BCUT2D eigenvalue weighted by Gasteiger charge is 2.37. The summed E-state index contributed by atoms with van der Waals surface area (Å²) in [5.74, 6) is 1.92. The van der Waals surface area contributed by atoms with Crippen molar-refractivity contribution in [3.63, 3.8) is 0 Å². The van der Waals surface area contributed by atoms with Gasteiger partial charge >= 0.3 is 0 Å². The molecule has 3 aliphatic rings. The minimum atomic E-state index is -0.0195. The van der Waals surface area contributed by atoms with Crippen molar-refractivity contribution in [1.29, 1.82) is 0 Å². The number of ether oxygens (including phenoxy) is 2. The number of carbonyl (C=O) groups excluding carboxylic acids is 1. The molecule has 0 spiro atoms. The van der Waals surface area contributed by atoms with Crippen molar-refractivity contribution in [2.45, 2.75) is 51.6 Å². The molecule has 9 heteroatoms. The Morgan fingerprint density at radius 1 is 1.03 bits per heavy atom. The molecule has 31 heavy (non-hydrogen) atoms. The predicted octanol–water partition coefficient (Wildman–Crippen LogP) is 2.09. The molecule has 1 amide bonds. The summed E-state index contributed by atoms with van der Waals surface area (Å²) in [5.41, 5.74) is 1.19. The highest BCUT2D eigenvalue weighted by molar-refractivity contribution is 5.77. The van der Waals surface area contributed by atoms with Crippen LogP contribution in [0.3, 0.4) is 0 Å². The van der Waals surface area contributed by atoms with E-state index in [9.17, 15) is 4.79 Å². The lowest BCUT2D eigenvalue weighted by Crippen LogP contribution is -2.49. The number of hydrogen-bond acceptors (Lipinski definition) is 7. The number of aromatic nitrogens is 4. The third kappa shape index (κ3) is 4.66. The largest absolute Gasteiger partial charge is 0.454 e. The average molecular weight is 427 g/mol. The molecule has 2 fully saturated rings. The van der Waals surface area contributed by atoms with Crippen molar-refractivity contribution in [2.75, 3.05) is 33.0 Å². The zero-order valence-corrected chi connectivity index (χ0v) is 17.9. The molecule has 1 saturated heterocycles. The van der Waals surface area contributed by atoms with Gasteiger partial charge in [-0.15, -0.1) is 5.10 Å². The second-order valence-corrected chi connectivity index (χ2v) is 9.09. The van der Waals surface area contributed by atoms with Crippen LogP contribution >= 0.6 is 0 Å². The number of benzene rings is 1. The summed E-state index contributed by atoms with van der Waals surface area (Å²) in [6, 6.07) is 6.13. The summed E-state index contributed by atoms with van der Waals surface area (Å²) in [6.07, 6.45) is 8.01. The van der Waals surface area contributed by atoms with E-state index in [4.69, 9.17) is 9.47 Å². The molecule has 2 aromatic rings. The Balaban J connectivity index is 1.15. The van der Waals surface area contributed by atoms with Gasteiger partial charge in [-0.25, -0.2) is 4.68 Å². The Morgan fingerprint density at radius 2 is 1.84 bits per heavy atom. The summed E-state index contributed by atoms with van der Waals surface area (Å²) in [7, 11) is 0. The molecule has 1 aromatic carbocycles. The maximum absolute atomic E-state index is 13.2. The van der Waals surface area contributed by atoms with Crippen LogP contribution in [0.5, 0.6) is 11.5 Å². The van der Waals surface area contributed by atoms with E-state index in [1.807, 2.05) is 11.0 Å². The number of rotatable bonds is 6. The van der Waals surface area contributed by atoms with E-state index in [-0.39, 0.29) is 11.3 Å². The maximum atomic E-state index is 13.2. The van der Waals surface area contributed by atoms with Crippen molar-refractivity contribution >= 4 is 5.91 Å². The van der Waals surface area contributed by atoms with Crippen molar-refractivity contribution in [3.8, 4) is 11.5 Å². The number of hydrogen-bond donors (Lipinski definition) is 0. The fourth-order valence-corrected chi connectivity index (χ4v) is 5.17. The average Bonchev–Trinajstić information content (AvgIpc) is 3.46. The topological polar surface area (TPSA) is 85.6 Å². The lowest BCUT2D eigenvalue weighted by molar-refractivity contribution is -0.136. The SMILES string of the molecule is O=C(CC1(Cn2cnnn2)CCCCC1)N1CCN(Cc2ccc3c(c2)OCO3)CC1. The van der Waals surface area contributed by atoms with Crippen LogP contribution in [0.4, 0.5) is 0 Å². The van der Waals surface area contributed by atoms with E-state index in [1.54, 1.807) is 11.0 Å². The first kappa shape index (κ1) is 20.2. The van der Waals surface area contributed by atoms with Gasteiger partial charge < -0.3 is 14.4 Å². The van der Waals surface area contributed by atoms with Crippen LogP contribution in [-0.4, -0.2) is 68.9 Å². The van der Waals surface area contributed by atoms with Crippen LogP contribution in [0.15, 0.2) is 24.5 Å². The number of amides is 1. The molecule has 3 heterocycles. The molecule has 2 aliphatic heterocycles. The summed E-state index contributed by atoms with van der Waals surface area (Å²) in [6.45, 7) is 5.24. The fourth-order valence-electron chi connectivity index (χ4n) is 5.17. The minimum absolute atomic E-state index is 0.0195. The molecule has 0 atom stereocenters. The summed E-state index contributed by atoms with van der Waals surface area (Å²) in [5, 5.41) is 11.6. The second kappa shape index (κ2) is 8.82. The van der Waals surface area contributed by atoms with Gasteiger partial charge in [0.05, 0.1) is 6.54 Å². The van der Waals surface area contributed by atoms with Gasteiger partial charge in [0.25, 0.3) is 0 Å². The van der Waals surface area contributed by atoms with E-state index in [0.29, 0.717) is 13.2 Å². The lowest BCUT2D eigenvalue weighted by Gasteiger charge is -2.40. The molecule has 0 radical (unpaired) electrons. The van der Waals surface area contributed by atoms with Gasteiger partial charge in [0.2, 0.25) is 12.7 Å². The van der Waals surface area contributed by atoms with Crippen molar-refractivity contribution in [3.05, 3.63) is 30.1 Å². The molecule has 9 nitrogen and oxygen atoms in total. The third-order valence-electron chi connectivity index (χ3n) is 6.90. The molecule has 0 unspecified atom stereocenters. The quantitative estimate of drug-likeness (QED) is 0.699. The number of piperazine rings is 1. The molecule has 1 saturated carbocycles. The second-order valence-electron chi connectivity index (χ2n) is 9.09. The molecule has 5 rings (SSSR count). The fraction of sp³-hybridized carbons (Fsp3) is 0.636. The van der Waals surface area contributed by atoms with Crippen LogP contribution in [0.2, 0.25) is 0 Å². The molecule has 1 aromatic heterocycles. The van der Waals surface area contributed by atoms with Crippen molar-refractivity contribution < 1.29 is 14.3 Å². The molecule has 0 bridgehead atoms. The summed E-state index contributed by atoms with van der Waals surface area (Å²) >= 11 is 0. The van der Waals surface area contributed by atoms with Gasteiger partial charge in [-0.2, -0.15) is 0 Å². The number of fused-ring (bicyclic) bond motifs is 1. The highest BCUT2D eigenvalue weighted by Crippen LogP contribution is 2.41. The van der Waals surface area contributed by atoms with Crippen molar-refractivity contribution in [2.24, 2.45) is 5.41 Å². The van der Waals surface area contributed by atoms with E-state index in [0.717, 1.165) is 63.6 Å². The van der Waals surface area contributed by atoms with Gasteiger partial charge in [0.1, 0.15) is 6.33 Å². The zero-order valence-electron chi connectivity index (χ0n) is 17.9. The lowest BCUT2D eigenvalue weighted by atomic mass is 9.71. The molecular formula is C22H30N6O3. The first-order valence-corrected chi connectivity index (χ1v) is 11.3. The van der Waals surface area contributed by atoms with Crippen LogP contribution in [-0.2, 0) is 17.9 Å². The molecular weight excluding hydrogens is 396 g/mol. The Labute approximate surface area is 182 Å². The minimum Gasteiger partial charge on any atom is -0.454 e. The Bertz CT molecular complexity index is 889. The molecule has 0 N–H and O–H groups in total. The van der Waals surface area contributed by atoms with E-state index < -0.39 is 0 Å². The summed E-state index contributed by atoms with van der Waals surface area (Å²) < 4.78 is 12.7. The van der Waals surface area contributed by atoms with Gasteiger partial charge in [0, 0.05) is 39.1 Å². The number of tetrazole rings is 1.